The zero-order chi connectivity index (χ0) is 12.1. The second-order valence-corrected chi connectivity index (χ2v) is 7.79. The van der Waals surface area contributed by atoms with E-state index in [4.69, 9.17) is 0 Å². The van der Waals surface area contributed by atoms with E-state index in [1.165, 1.54) is 24.0 Å². The molecule has 2 rings (SSSR count). The van der Waals surface area contributed by atoms with E-state index in [0.717, 1.165) is 0 Å². The molecule has 2 aliphatic carbocycles. The van der Waals surface area contributed by atoms with Gasteiger partial charge in [0, 0.05) is 0 Å². The van der Waals surface area contributed by atoms with Gasteiger partial charge in [-0.3, -0.25) is 0 Å². The summed E-state index contributed by atoms with van der Waals surface area (Å²) in [5.74, 6) is 0. The van der Waals surface area contributed by atoms with E-state index in [1.807, 2.05) is 0 Å². The van der Waals surface area contributed by atoms with Gasteiger partial charge in [0.25, 0.3) is 0 Å². The van der Waals surface area contributed by atoms with E-state index in [-0.39, 0.29) is 0 Å². The molecule has 0 spiro atoms. The number of allylic oxidation sites excluding steroid dienone is 12. The molecule has 0 fully saturated rings. The van der Waals surface area contributed by atoms with E-state index in [2.05, 4.69) is 62.5 Å². The predicted molar refractivity (Wildman–Crippen MR) is 71.2 cm³/mol. The van der Waals surface area contributed by atoms with Gasteiger partial charge in [-0.15, -0.1) is 0 Å². The molecular weight excluding hydrogens is 283 g/mol. The van der Waals surface area contributed by atoms with Gasteiger partial charge in [0.2, 0.25) is 0 Å². The monoisotopic (exact) mass is 300 g/mol. The van der Waals surface area contributed by atoms with E-state index >= 15 is 0 Å². The second-order valence-electron chi connectivity index (χ2n) is 4.21. The SMILES string of the molecule is C/C=C\C1=[C]([Zr][C]2=C(/C=C\C)C=CC2)CC=C1. The zero-order valence-corrected chi connectivity index (χ0v) is 13.0. The third-order valence-electron chi connectivity index (χ3n) is 2.93. The van der Waals surface area contributed by atoms with Crippen LogP contribution in [0.15, 0.2) is 66.3 Å². The summed E-state index contributed by atoms with van der Waals surface area (Å²) in [6.07, 6.45) is 20.4. The van der Waals surface area contributed by atoms with E-state index in [1.54, 1.807) is 6.56 Å². The number of rotatable bonds is 4. The Hall–Kier alpha value is -0.677. The molecule has 0 aliphatic heterocycles. The molecule has 0 aromatic heterocycles. The molecule has 0 bridgehead atoms. The van der Waals surface area contributed by atoms with Gasteiger partial charge in [-0.2, -0.15) is 0 Å². The fraction of sp³-hybridized carbons (Fsp3) is 0.250. The van der Waals surface area contributed by atoms with Crippen molar-refractivity contribution in [3.63, 3.8) is 0 Å². The molecule has 1 heteroatoms. The van der Waals surface area contributed by atoms with Crippen LogP contribution in [0.1, 0.15) is 26.7 Å². The fourth-order valence-electron chi connectivity index (χ4n) is 2.14. The molecule has 86 valence electrons. The third kappa shape index (κ3) is 3.16. The van der Waals surface area contributed by atoms with E-state index < -0.39 is 23.2 Å². The predicted octanol–water partition coefficient (Wildman–Crippen LogP) is 4.65. The summed E-state index contributed by atoms with van der Waals surface area (Å²) >= 11 is -0.545. The molecule has 0 amide bonds. The minimum atomic E-state index is -0.545. The van der Waals surface area contributed by atoms with Crippen molar-refractivity contribution in [2.24, 2.45) is 0 Å². The van der Waals surface area contributed by atoms with E-state index in [0.29, 0.717) is 0 Å². The Balaban J connectivity index is 2.17. The van der Waals surface area contributed by atoms with Gasteiger partial charge >= 0.3 is 116 Å². The molecular formula is C16H18Zr. The van der Waals surface area contributed by atoms with Crippen molar-refractivity contribution in [2.75, 3.05) is 0 Å². The molecule has 0 aromatic rings. The fourth-order valence-corrected chi connectivity index (χ4v) is 5.65. The van der Waals surface area contributed by atoms with Gasteiger partial charge in [-0.25, -0.2) is 0 Å². The van der Waals surface area contributed by atoms with Gasteiger partial charge in [-0.05, 0) is 0 Å². The van der Waals surface area contributed by atoms with Crippen LogP contribution in [0.2, 0.25) is 0 Å². The van der Waals surface area contributed by atoms with Crippen LogP contribution in [-0.2, 0) is 23.2 Å². The molecule has 0 unspecified atom stereocenters. The van der Waals surface area contributed by atoms with Crippen molar-refractivity contribution >= 4 is 0 Å². The minimum absolute atomic E-state index is 0.545. The summed E-state index contributed by atoms with van der Waals surface area (Å²) in [5.41, 5.74) is 2.97. The van der Waals surface area contributed by atoms with Crippen LogP contribution in [-0.4, -0.2) is 0 Å². The van der Waals surface area contributed by atoms with Gasteiger partial charge in [-0.1, -0.05) is 0 Å². The molecule has 0 saturated carbocycles. The van der Waals surface area contributed by atoms with Crippen molar-refractivity contribution in [1.29, 1.82) is 0 Å². The van der Waals surface area contributed by atoms with Gasteiger partial charge in [0.1, 0.15) is 0 Å². The van der Waals surface area contributed by atoms with Crippen LogP contribution in [0.5, 0.6) is 0 Å². The summed E-state index contributed by atoms with van der Waals surface area (Å²) in [6, 6.07) is 0. The van der Waals surface area contributed by atoms with Crippen LogP contribution in [0, 0.1) is 0 Å². The summed E-state index contributed by atoms with van der Waals surface area (Å²) in [5, 5.41) is 0. The summed E-state index contributed by atoms with van der Waals surface area (Å²) in [7, 11) is 0. The quantitative estimate of drug-likeness (QED) is 0.709. The molecule has 0 saturated heterocycles. The number of hydrogen-bond acceptors (Lipinski definition) is 0. The molecule has 0 aromatic carbocycles. The van der Waals surface area contributed by atoms with Crippen LogP contribution < -0.4 is 0 Å². The molecule has 0 atom stereocenters. The third-order valence-corrected chi connectivity index (χ3v) is 6.84. The molecule has 0 nitrogen and oxygen atoms in total. The molecule has 0 heterocycles. The Morgan fingerprint density at radius 2 is 1.35 bits per heavy atom. The van der Waals surface area contributed by atoms with Gasteiger partial charge < -0.3 is 0 Å². The zero-order valence-electron chi connectivity index (χ0n) is 10.5. The first-order valence-corrected chi connectivity index (χ1v) is 8.62. The number of hydrogen-bond donors (Lipinski definition) is 0. The topological polar surface area (TPSA) is 0 Å². The first-order valence-electron chi connectivity index (χ1n) is 6.17. The Morgan fingerprint density at radius 3 is 1.76 bits per heavy atom. The summed E-state index contributed by atoms with van der Waals surface area (Å²) in [4.78, 5) is 0. The molecule has 0 N–H and O–H groups in total. The second kappa shape index (κ2) is 6.31. The van der Waals surface area contributed by atoms with Crippen molar-refractivity contribution in [3.8, 4) is 0 Å². The summed E-state index contributed by atoms with van der Waals surface area (Å²) in [6.45, 7) is 4.20. The van der Waals surface area contributed by atoms with Crippen LogP contribution >= 0.6 is 0 Å². The van der Waals surface area contributed by atoms with Crippen LogP contribution in [0.3, 0.4) is 0 Å². The van der Waals surface area contributed by atoms with Crippen LogP contribution in [0.25, 0.3) is 0 Å². The Labute approximate surface area is 116 Å². The molecule has 0 radical (unpaired) electrons. The Bertz CT molecular complexity index is 424. The van der Waals surface area contributed by atoms with Crippen molar-refractivity contribution < 1.29 is 23.2 Å². The Kier molecular flexibility index (Phi) is 4.74. The van der Waals surface area contributed by atoms with Crippen LogP contribution in [0.4, 0.5) is 0 Å². The Morgan fingerprint density at radius 1 is 0.882 bits per heavy atom. The van der Waals surface area contributed by atoms with Crippen molar-refractivity contribution in [3.05, 3.63) is 66.3 Å². The molecule has 2 aliphatic rings. The van der Waals surface area contributed by atoms with Gasteiger partial charge in [0.05, 0.1) is 0 Å². The average molecular weight is 302 g/mol. The van der Waals surface area contributed by atoms with Gasteiger partial charge in [0.15, 0.2) is 0 Å². The maximum atomic E-state index is 2.31. The standard InChI is InChI=1S/2C8H9.Zr/c2*1-2-5-8-6-3-4-7-8;/h2*2-3,5-6H,4H2,1H3;/b2*5-2-;. The van der Waals surface area contributed by atoms with Crippen molar-refractivity contribution in [2.45, 2.75) is 26.7 Å². The molecule has 17 heavy (non-hydrogen) atoms. The summed E-state index contributed by atoms with van der Waals surface area (Å²) < 4.78 is 3.46. The first-order chi connectivity index (χ1) is 8.35. The van der Waals surface area contributed by atoms with E-state index in [9.17, 15) is 0 Å². The normalized spacial score (nSPS) is 19.6. The maximum absolute atomic E-state index is 2.31. The first kappa shape index (κ1) is 12.8. The van der Waals surface area contributed by atoms with Crippen molar-refractivity contribution in [1.82, 2.24) is 0 Å². The average Bonchev–Trinajstić information content (AvgIpc) is 2.92.